The Bertz CT molecular complexity index is 826. The second-order valence-electron chi connectivity index (χ2n) is 6.18. The fourth-order valence-electron chi connectivity index (χ4n) is 2.74. The zero-order valence-corrected chi connectivity index (χ0v) is 14.5. The number of aromatic nitrogens is 2. The molecule has 130 valence electrons. The van der Waals surface area contributed by atoms with Gasteiger partial charge in [-0.05, 0) is 25.5 Å². The molecule has 3 aromatic rings. The van der Waals surface area contributed by atoms with Crippen LogP contribution < -0.4 is 10.5 Å². The fraction of sp³-hybridized carbons (Fsp3) is 0.250. The van der Waals surface area contributed by atoms with Crippen molar-refractivity contribution in [3.05, 3.63) is 65.7 Å². The third-order valence-corrected chi connectivity index (χ3v) is 4.07. The molecule has 1 aromatic heterocycles. The van der Waals surface area contributed by atoms with Crippen LogP contribution in [0.5, 0.6) is 11.6 Å². The summed E-state index contributed by atoms with van der Waals surface area (Å²) >= 11 is 0. The Morgan fingerprint density at radius 1 is 1.12 bits per heavy atom. The first-order valence-corrected chi connectivity index (χ1v) is 8.30. The molecular weight excluding hydrogens is 314 g/mol. The highest BCUT2D eigenvalue weighted by molar-refractivity contribution is 5.66. The van der Waals surface area contributed by atoms with E-state index >= 15 is 0 Å². The Morgan fingerprint density at radius 2 is 1.80 bits per heavy atom. The second-order valence-corrected chi connectivity index (χ2v) is 6.18. The van der Waals surface area contributed by atoms with Crippen LogP contribution in [0.3, 0.4) is 0 Å². The van der Waals surface area contributed by atoms with Crippen LogP contribution in [0.4, 0.5) is 0 Å². The molecule has 0 aliphatic heterocycles. The molecule has 0 aliphatic carbocycles. The summed E-state index contributed by atoms with van der Waals surface area (Å²) in [4.78, 5) is 0. The van der Waals surface area contributed by atoms with Gasteiger partial charge in [-0.3, -0.25) is 0 Å². The number of aliphatic hydroxyl groups is 1. The van der Waals surface area contributed by atoms with Gasteiger partial charge < -0.3 is 15.6 Å². The zero-order chi connectivity index (χ0) is 17.8. The van der Waals surface area contributed by atoms with E-state index in [1.54, 1.807) is 4.68 Å². The molecule has 0 radical (unpaired) electrons. The molecule has 1 unspecified atom stereocenters. The summed E-state index contributed by atoms with van der Waals surface area (Å²) < 4.78 is 7.83. The van der Waals surface area contributed by atoms with Crippen LogP contribution in [-0.4, -0.2) is 27.5 Å². The van der Waals surface area contributed by atoms with Crippen molar-refractivity contribution in [3.8, 4) is 22.9 Å². The Morgan fingerprint density at radius 3 is 2.44 bits per heavy atom. The third kappa shape index (κ3) is 3.90. The van der Waals surface area contributed by atoms with Crippen molar-refractivity contribution in [1.29, 1.82) is 0 Å². The number of hydrogen-bond donors (Lipinski definition) is 2. The molecule has 0 bridgehead atoms. The molecule has 3 rings (SSSR count). The molecule has 0 saturated carbocycles. The lowest BCUT2D eigenvalue weighted by molar-refractivity contribution is 0.264. The number of nitrogens with two attached hydrogens (primary N) is 1. The van der Waals surface area contributed by atoms with Gasteiger partial charge in [-0.15, -0.1) is 0 Å². The average molecular weight is 337 g/mol. The van der Waals surface area contributed by atoms with Gasteiger partial charge in [-0.25, -0.2) is 4.68 Å². The normalized spacial score (nSPS) is 12.2. The van der Waals surface area contributed by atoms with Gasteiger partial charge in [-0.1, -0.05) is 48.0 Å². The third-order valence-electron chi connectivity index (χ3n) is 4.07. The highest BCUT2D eigenvalue weighted by Gasteiger charge is 2.21. The van der Waals surface area contributed by atoms with E-state index in [1.807, 2.05) is 68.6 Å². The van der Waals surface area contributed by atoms with Gasteiger partial charge in [0.05, 0.1) is 12.3 Å². The number of benzene rings is 2. The minimum atomic E-state index is -0.368. The molecule has 1 heterocycles. The topological polar surface area (TPSA) is 73.3 Å². The number of hydrogen-bond acceptors (Lipinski definition) is 4. The summed E-state index contributed by atoms with van der Waals surface area (Å²) in [5, 5.41) is 14.0. The zero-order valence-electron chi connectivity index (χ0n) is 14.5. The molecule has 25 heavy (non-hydrogen) atoms. The first-order valence-electron chi connectivity index (χ1n) is 8.30. The van der Waals surface area contributed by atoms with Crippen molar-refractivity contribution in [1.82, 2.24) is 9.78 Å². The van der Waals surface area contributed by atoms with E-state index in [0.29, 0.717) is 12.3 Å². The van der Waals surface area contributed by atoms with Gasteiger partial charge in [0.1, 0.15) is 5.75 Å². The number of rotatable bonds is 6. The van der Waals surface area contributed by atoms with Gasteiger partial charge in [0.15, 0.2) is 0 Å². The summed E-state index contributed by atoms with van der Waals surface area (Å²) in [7, 11) is 1.85. The first-order chi connectivity index (χ1) is 12.1. The average Bonchev–Trinajstić information content (AvgIpc) is 2.93. The number of aliphatic hydroxyl groups excluding tert-OH is 1. The van der Waals surface area contributed by atoms with Crippen LogP contribution in [0.25, 0.3) is 11.3 Å². The smallest absolute Gasteiger partial charge is 0.221 e. The summed E-state index contributed by atoms with van der Waals surface area (Å²) in [6, 6.07) is 17.4. The number of nitrogens with zero attached hydrogens (tertiary/aromatic N) is 2. The van der Waals surface area contributed by atoms with Crippen molar-refractivity contribution in [3.63, 3.8) is 0 Å². The Labute approximate surface area is 147 Å². The van der Waals surface area contributed by atoms with Gasteiger partial charge in [0, 0.05) is 24.2 Å². The molecule has 0 aliphatic rings. The molecule has 0 amide bonds. The standard InChI is InChI=1S/C20H23N3O2/c1-14-8-10-17(11-9-14)25-20-18(12-16(21)13-24)19(22-23(20)2)15-6-4-3-5-7-15/h3-11,16,24H,12-13,21H2,1-2H3. The lowest BCUT2D eigenvalue weighted by Gasteiger charge is -2.12. The summed E-state index contributed by atoms with van der Waals surface area (Å²) in [5.41, 5.74) is 9.90. The highest BCUT2D eigenvalue weighted by atomic mass is 16.5. The van der Waals surface area contributed by atoms with Crippen LogP contribution >= 0.6 is 0 Å². The molecule has 5 heteroatoms. The quantitative estimate of drug-likeness (QED) is 0.725. The van der Waals surface area contributed by atoms with Crippen LogP contribution in [-0.2, 0) is 13.5 Å². The highest BCUT2D eigenvalue weighted by Crippen LogP contribution is 2.33. The summed E-state index contributed by atoms with van der Waals surface area (Å²) in [5.74, 6) is 1.39. The second kappa shape index (κ2) is 7.51. The number of ether oxygens (including phenoxy) is 1. The SMILES string of the molecule is Cc1ccc(Oc2c(CC(N)CO)c(-c3ccccc3)nn2C)cc1. The Hall–Kier alpha value is -2.63. The van der Waals surface area contributed by atoms with E-state index < -0.39 is 0 Å². The minimum absolute atomic E-state index is 0.0902. The molecule has 0 fully saturated rings. The maximum absolute atomic E-state index is 9.38. The summed E-state index contributed by atoms with van der Waals surface area (Å²) in [6.07, 6.45) is 0.482. The maximum atomic E-state index is 9.38. The predicted octanol–water partition coefficient (Wildman–Crippen LogP) is 3.05. The fourth-order valence-corrected chi connectivity index (χ4v) is 2.74. The van der Waals surface area contributed by atoms with E-state index in [0.717, 1.165) is 22.6 Å². The van der Waals surface area contributed by atoms with Crippen LogP contribution in [0, 0.1) is 6.92 Å². The van der Waals surface area contributed by atoms with Crippen LogP contribution in [0.1, 0.15) is 11.1 Å². The van der Waals surface area contributed by atoms with Gasteiger partial charge >= 0.3 is 0 Å². The number of aryl methyl sites for hydroxylation is 2. The maximum Gasteiger partial charge on any atom is 0.221 e. The lowest BCUT2D eigenvalue weighted by Crippen LogP contribution is -2.27. The van der Waals surface area contributed by atoms with Crippen molar-refractivity contribution in [2.24, 2.45) is 12.8 Å². The minimum Gasteiger partial charge on any atom is -0.439 e. The van der Waals surface area contributed by atoms with Crippen molar-refractivity contribution >= 4 is 0 Å². The van der Waals surface area contributed by atoms with E-state index in [1.165, 1.54) is 5.56 Å². The van der Waals surface area contributed by atoms with Crippen molar-refractivity contribution < 1.29 is 9.84 Å². The lowest BCUT2D eigenvalue weighted by atomic mass is 10.0. The first kappa shape index (κ1) is 17.2. The Balaban J connectivity index is 2.04. The van der Waals surface area contributed by atoms with E-state index in [-0.39, 0.29) is 12.6 Å². The molecule has 2 aromatic carbocycles. The van der Waals surface area contributed by atoms with E-state index in [4.69, 9.17) is 10.5 Å². The van der Waals surface area contributed by atoms with Crippen LogP contribution in [0.15, 0.2) is 54.6 Å². The predicted molar refractivity (Wildman–Crippen MR) is 98.7 cm³/mol. The molecule has 3 N–H and O–H groups in total. The summed E-state index contributed by atoms with van der Waals surface area (Å²) in [6.45, 7) is 1.94. The monoisotopic (exact) mass is 337 g/mol. The van der Waals surface area contributed by atoms with E-state index in [2.05, 4.69) is 5.10 Å². The van der Waals surface area contributed by atoms with Crippen molar-refractivity contribution in [2.75, 3.05) is 6.61 Å². The molecule has 0 spiro atoms. The molecule has 1 atom stereocenters. The molecule has 5 nitrogen and oxygen atoms in total. The van der Waals surface area contributed by atoms with Gasteiger partial charge in [0.25, 0.3) is 0 Å². The Kier molecular flexibility index (Phi) is 5.16. The van der Waals surface area contributed by atoms with Crippen LogP contribution in [0.2, 0.25) is 0 Å². The van der Waals surface area contributed by atoms with Gasteiger partial charge in [0.2, 0.25) is 5.88 Å². The van der Waals surface area contributed by atoms with E-state index in [9.17, 15) is 5.11 Å². The van der Waals surface area contributed by atoms with Gasteiger partial charge in [-0.2, -0.15) is 5.10 Å². The largest absolute Gasteiger partial charge is 0.439 e. The van der Waals surface area contributed by atoms with Crippen molar-refractivity contribution in [2.45, 2.75) is 19.4 Å². The molecule has 0 saturated heterocycles. The molecular formula is C20H23N3O2.